The highest BCUT2D eigenvalue weighted by Crippen LogP contribution is 2.32. The van der Waals surface area contributed by atoms with Crippen molar-refractivity contribution in [3.05, 3.63) is 5.56 Å². The lowest BCUT2D eigenvalue weighted by Crippen LogP contribution is -2.47. The monoisotopic (exact) mass is 404 g/mol. The highest BCUT2D eigenvalue weighted by molar-refractivity contribution is 6.01. The molecular weight excluding hydrogens is 368 g/mol. The SMILES string of the molecule is CCCCOc1nc(N)c2c(n1)N(CCCN1CCN(CCCC)CC1)C(=O)C2. The van der Waals surface area contributed by atoms with Crippen molar-refractivity contribution < 1.29 is 9.53 Å². The fraction of sp³-hybridized carbons (Fsp3) is 0.762. The lowest BCUT2D eigenvalue weighted by atomic mass is 10.2. The van der Waals surface area contributed by atoms with Gasteiger partial charge in [-0.3, -0.25) is 9.69 Å². The van der Waals surface area contributed by atoms with E-state index in [2.05, 4.69) is 33.6 Å². The summed E-state index contributed by atoms with van der Waals surface area (Å²) in [5.74, 6) is 1.05. The third-order valence-electron chi connectivity index (χ3n) is 5.76. The number of nitrogens with zero attached hydrogens (tertiary/aromatic N) is 5. The number of nitrogens with two attached hydrogens (primary N) is 1. The molecule has 3 rings (SSSR count). The van der Waals surface area contributed by atoms with Crippen LogP contribution in [0.5, 0.6) is 6.01 Å². The molecule has 1 aromatic rings. The zero-order chi connectivity index (χ0) is 20.6. The number of rotatable bonds is 11. The fourth-order valence-corrected chi connectivity index (χ4v) is 3.90. The van der Waals surface area contributed by atoms with Gasteiger partial charge in [0.1, 0.15) is 11.6 Å². The van der Waals surface area contributed by atoms with Gasteiger partial charge in [-0.2, -0.15) is 9.97 Å². The summed E-state index contributed by atoms with van der Waals surface area (Å²) < 4.78 is 5.62. The molecule has 1 amide bonds. The van der Waals surface area contributed by atoms with Gasteiger partial charge in [0.05, 0.1) is 13.0 Å². The maximum Gasteiger partial charge on any atom is 0.320 e. The first-order chi connectivity index (χ1) is 14.1. The van der Waals surface area contributed by atoms with Gasteiger partial charge in [-0.15, -0.1) is 0 Å². The minimum Gasteiger partial charge on any atom is -0.463 e. The molecule has 0 aliphatic carbocycles. The normalized spacial score (nSPS) is 17.7. The predicted octanol–water partition coefficient (Wildman–Crippen LogP) is 1.93. The third kappa shape index (κ3) is 5.79. The summed E-state index contributed by atoms with van der Waals surface area (Å²) in [7, 11) is 0. The second kappa shape index (κ2) is 10.7. The van der Waals surface area contributed by atoms with E-state index >= 15 is 0 Å². The minimum absolute atomic E-state index is 0.0519. The van der Waals surface area contributed by atoms with Crippen LogP contribution in [-0.4, -0.2) is 78.1 Å². The van der Waals surface area contributed by atoms with Crippen LogP contribution in [0.4, 0.5) is 11.6 Å². The van der Waals surface area contributed by atoms with Crippen molar-refractivity contribution in [2.75, 3.05) is 63.1 Å². The van der Waals surface area contributed by atoms with E-state index in [0.29, 0.717) is 24.8 Å². The van der Waals surface area contributed by atoms with Crippen molar-refractivity contribution in [1.82, 2.24) is 19.8 Å². The molecule has 29 heavy (non-hydrogen) atoms. The Morgan fingerprint density at radius 1 is 0.931 bits per heavy atom. The summed E-state index contributed by atoms with van der Waals surface area (Å²) in [5, 5.41) is 0. The van der Waals surface area contributed by atoms with Gasteiger partial charge in [0, 0.05) is 38.3 Å². The average Bonchev–Trinajstić information content (AvgIpc) is 3.04. The van der Waals surface area contributed by atoms with E-state index in [1.165, 1.54) is 19.4 Å². The number of aromatic nitrogens is 2. The Morgan fingerprint density at radius 3 is 2.24 bits per heavy atom. The Balaban J connectivity index is 1.50. The number of amides is 1. The summed E-state index contributed by atoms with van der Waals surface area (Å²) >= 11 is 0. The number of hydrogen-bond acceptors (Lipinski definition) is 7. The number of unbranched alkanes of at least 4 members (excludes halogenated alkanes) is 2. The maximum absolute atomic E-state index is 12.5. The number of ether oxygens (including phenoxy) is 1. The molecule has 2 aliphatic rings. The summed E-state index contributed by atoms with van der Waals surface area (Å²) in [6, 6.07) is 0.276. The molecule has 3 heterocycles. The van der Waals surface area contributed by atoms with Gasteiger partial charge in [0.15, 0.2) is 0 Å². The van der Waals surface area contributed by atoms with E-state index in [4.69, 9.17) is 10.5 Å². The molecule has 1 saturated heterocycles. The van der Waals surface area contributed by atoms with Crippen molar-refractivity contribution >= 4 is 17.5 Å². The van der Waals surface area contributed by atoms with Gasteiger partial charge in [-0.1, -0.05) is 26.7 Å². The van der Waals surface area contributed by atoms with Crippen LogP contribution >= 0.6 is 0 Å². The predicted molar refractivity (Wildman–Crippen MR) is 115 cm³/mol. The van der Waals surface area contributed by atoms with E-state index in [1.807, 2.05) is 0 Å². The van der Waals surface area contributed by atoms with Crippen LogP contribution in [0.1, 0.15) is 51.5 Å². The fourth-order valence-electron chi connectivity index (χ4n) is 3.90. The molecule has 0 spiro atoms. The van der Waals surface area contributed by atoms with E-state index < -0.39 is 0 Å². The van der Waals surface area contributed by atoms with E-state index in [0.717, 1.165) is 57.5 Å². The molecule has 0 saturated carbocycles. The molecule has 8 heteroatoms. The summed E-state index contributed by atoms with van der Waals surface area (Å²) in [4.78, 5) is 28.1. The molecule has 0 unspecified atom stereocenters. The zero-order valence-electron chi connectivity index (χ0n) is 18.0. The summed E-state index contributed by atoms with van der Waals surface area (Å²) in [6.07, 6.45) is 5.73. The zero-order valence-corrected chi connectivity index (χ0v) is 18.0. The smallest absolute Gasteiger partial charge is 0.320 e. The largest absolute Gasteiger partial charge is 0.463 e. The summed E-state index contributed by atoms with van der Waals surface area (Å²) in [6.45, 7) is 12.3. The molecule has 162 valence electrons. The number of piperazine rings is 1. The number of hydrogen-bond donors (Lipinski definition) is 1. The second-order valence-corrected chi connectivity index (χ2v) is 8.01. The molecule has 0 bridgehead atoms. The Kier molecular flexibility index (Phi) is 8.06. The average molecular weight is 405 g/mol. The molecule has 0 radical (unpaired) electrons. The van der Waals surface area contributed by atoms with Gasteiger partial charge in [-0.05, 0) is 32.4 Å². The van der Waals surface area contributed by atoms with Gasteiger partial charge in [-0.25, -0.2) is 0 Å². The van der Waals surface area contributed by atoms with Gasteiger partial charge >= 0.3 is 6.01 Å². The van der Waals surface area contributed by atoms with Crippen molar-refractivity contribution in [1.29, 1.82) is 0 Å². The van der Waals surface area contributed by atoms with Crippen LogP contribution in [0.25, 0.3) is 0 Å². The molecule has 2 N–H and O–H groups in total. The minimum atomic E-state index is 0.0519. The highest BCUT2D eigenvalue weighted by Gasteiger charge is 2.32. The van der Waals surface area contributed by atoms with Crippen LogP contribution in [0.15, 0.2) is 0 Å². The second-order valence-electron chi connectivity index (χ2n) is 8.01. The Morgan fingerprint density at radius 2 is 1.59 bits per heavy atom. The first-order valence-corrected chi connectivity index (χ1v) is 11.2. The molecule has 8 nitrogen and oxygen atoms in total. The highest BCUT2D eigenvalue weighted by atomic mass is 16.5. The van der Waals surface area contributed by atoms with Crippen molar-refractivity contribution in [3.8, 4) is 6.01 Å². The van der Waals surface area contributed by atoms with Crippen LogP contribution in [0.2, 0.25) is 0 Å². The Labute approximate surface area is 174 Å². The first kappa shape index (κ1) is 21.8. The quantitative estimate of drug-likeness (QED) is 0.564. The molecule has 2 aliphatic heterocycles. The molecule has 0 atom stereocenters. The van der Waals surface area contributed by atoms with Crippen LogP contribution < -0.4 is 15.4 Å². The Hall–Kier alpha value is -1.93. The summed E-state index contributed by atoms with van der Waals surface area (Å²) in [5.41, 5.74) is 6.81. The van der Waals surface area contributed by atoms with Crippen LogP contribution in [-0.2, 0) is 11.2 Å². The number of carbonyl (C=O) groups excluding carboxylic acids is 1. The van der Waals surface area contributed by atoms with Crippen molar-refractivity contribution in [2.45, 2.75) is 52.4 Å². The maximum atomic E-state index is 12.5. The van der Waals surface area contributed by atoms with E-state index in [9.17, 15) is 4.79 Å². The van der Waals surface area contributed by atoms with Gasteiger partial charge < -0.3 is 20.3 Å². The number of nitrogen functional groups attached to an aromatic ring is 1. The standard InChI is InChI=1S/C21H36N6O2/c1-3-5-8-25-11-13-26(14-12-25)9-7-10-27-18(28)16-17-19(22)23-21(24-20(17)27)29-15-6-4-2/h3-16H2,1-2H3,(H2,22,23,24). The number of anilines is 2. The molecule has 1 aromatic heterocycles. The van der Waals surface area contributed by atoms with Crippen LogP contribution in [0.3, 0.4) is 0 Å². The lowest BCUT2D eigenvalue weighted by molar-refractivity contribution is -0.117. The molecule has 0 aromatic carbocycles. The number of carbonyl (C=O) groups is 1. The Bertz CT molecular complexity index is 675. The van der Waals surface area contributed by atoms with E-state index in [1.54, 1.807) is 4.90 Å². The molecule has 1 fully saturated rings. The van der Waals surface area contributed by atoms with Gasteiger partial charge in [0.2, 0.25) is 5.91 Å². The van der Waals surface area contributed by atoms with Crippen molar-refractivity contribution in [2.24, 2.45) is 0 Å². The molecular formula is C21H36N6O2. The lowest BCUT2D eigenvalue weighted by Gasteiger charge is -2.34. The number of fused-ring (bicyclic) bond motifs is 1. The van der Waals surface area contributed by atoms with Gasteiger partial charge in [0.25, 0.3) is 0 Å². The first-order valence-electron chi connectivity index (χ1n) is 11.2. The van der Waals surface area contributed by atoms with E-state index in [-0.39, 0.29) is 18.3 Å². The topological polar surface area (TPSA) is 87.8 Å². The van der Waals surface area contributed by atoms with Crippen molar-refractivity contribution in [3.63, 3.8) is 0 Å². The third-order valence-corrected chi connectivity index (χ3v) is 5.76. The van der Waals surface area contributed by atoms with Crippen LogP contribution in [0, 0.1) is 0 Å².